The lowest BCUT2D eigenvalue weighted by atomic mass is 9.80. The SMILES string of the molecule is CNC1CCC(C)(c2ccc(-c3ccccc3)cc2)C1. The molecular formula is C19H23N. The summed E-state index contributed by atoms with van der Waals surface area (Å²) in [5.41, 5.74) is 4.42. The van der Waals surface area contributed by atoms with Gasteiger partial charge in [0.25, 0.3) is 0 Å². The fourth-order valence-electron chi connectivity index (χ4n) is 3.44. The summed E-state index contributed by atoms with van der Waals surface area (Å²) in [6.07, 6.45) is 3.81. The molecule has 1 aliphatic carbocycles. The molecule has 20 heavy (non-hydrogen) atoms. The zero-order valence-corrected chi connectivity index (χ0v) is 12.4. The van der Waals surface area contributed by atoms with Gasteiger partial charge < -0.3 is 5.32 Å². The molecule has 0 bridgehead atoms. The van der Waals surface area contributed by atoms with Gasteiger partial charge in [0.15, 0.2) is 0 Å². The van der Waals surface area contributed by atoms with Crippen molar-refractivity contribution in [1.29, 1.82) is 0 Å². The average molecular weight is 265 g/mol. The van der Waals surface area contributed by atoms with Gasteiger partial charge in [-0.2, -0.15) is 0 Å². The predicted molar refractivity (Wildman–Crippen MR) is 85.9 cm³/mol. The first-order valence-corrected chi connectivity index (χ1v) is 7.54. The van der Waals surface area contributed by atoms with Gasteiger partial charge in [0.1, 0.15) is 0 Å². The van der Waals surface area contributed by atoms with Crippen LogP contribution in [-0.2, 0) is 5.41 Å². The summed E-state index contributed by atoms with van der Waals surface area (Å²) in [6.45, 7) is 2.40. The van der Waals surface area contributed by atoms with Gasteiger partial charge in [0.2, 0.25) is 0 Å². The maximum absolute atomic E-state index is 3.43. The molecule has 1 saturated carbocycles. The van der Waals surface area contributed by atoms with Crippen molar-refractivity contribution in [3.8, 4) is 11.1 Å². The molecule has 1 nitrogen and oxygen atoms in total. The quantitative estimate of drug-likeness (QED) is 0.868. The van der Waals surface area contributed by atoms with Crippen LogP contribution in [0.2, 0.25) is 0 Å². The molecule has 0 aromatic heterocycles. The number of hydrogen-bond donors (Lipinski definition) is 1. The van der Waals surface area contributed by atoms with E-state index >= 15 is 0 Å². The van der Waals surface area contributed by atoms with Crippen molar-refractivity contribution >= 4 is 0 Å². The zero-order chi connectivity index (χ0) is 14.0. The molecule has 3 rings (SSSR count). The van der Waals surface area contributed by atoms with Crippen LogP contribution in [-0.4, -0.2) is 13.1 Å². The van der Waals surface area contributed by atoms with Crippen LogP contribution in [0.3, 0.4) is 0 Å². The third-order valence-electron chi connectivity index (χ3n) is 4.84. The summed E-state index contributed by atoms with van der Waals surface area (Å²) in [6, 6.07) is 20.4. The van der Waals surface area contributed by atoms with Gasteiger partial charge in [-0.3, -0.25) is 0 Å². The first-order valence-electron chi connectivity index (χ1n) is 7.54. The van der Waals surface area contributed by atoms with Gasteiger partial charge in [-0.1, -0.05) is 61.5 Å². The third-order valence-corrected chi connectivity index (χ3v) is 4.84. The van der Waals surface area contributed by atoms with E-state index in [9.17, 15) is 0 Å². The van der Waals surface area contributed by atoms with E-state index in [2.05, 4.69) is 73.9 Å². The van der Waals surface area contributed by atoms with E-state index in [-0.39, 0.29) is 0 Å². The predicted octanol–water partition coefficient (Wildman–Crippen LogP) is 4.38. The Morgan fingerprint density at radius 2 is 1.60 bits per heavy atom. The lowest BCUT2D eigenvalue weighted by Gasteiger charge is -2.25. The number of rotatable bonds is 3. The van der Waals surface area contributed by atoms with Crippen molar-refractivity contribution in [3.63, 3.8) is 0 Å². The molecule has 2 aromatic rings. The number of nitrogens with one attached hydrogen (secondary N) is 1. The summed E-state index contributed by atoms with van der Waals surface area (Å²) in [7, 11) is 2.08. The second-order valence-corrected chi connectivity index (χ2v) is 6.23. The summed E-state index contributed by atoms with van der Waals surface area (Å²) in [5, 5.41) is 3.43. The standard InChI is InChI=1S/C19H23N/c1-19(13-12-18(14-19)20-2)17-10-8-16(9-11-17)15-6-4-3-5-7-15/h3-11,18,20H,12-14H2,1-2H3. The Balaban J connectivity index is 1.83. The molecule has 1 heteroatoms. The topological polar surface area (TPSA) is 12.0 Å². The molecule has 1 fully saturated rings. The van der Waals surface area contributed by atoms with Gasteiger partial charge in [-0.25, -0.2) is 0 Å². The molecule has 1 aliphatic rings. The van der Waals surface area contributed by atoms with Crippen LogP contribution in [0, 0.1) is 0 Å². The van der Waals surface area contributed by atoms with E-state index in [1.807, 2.05) is 0 Å². The minimum absolute atomic E-state index is 0.336. The van der Waals surface area contributed by atoms with Crippen LogP contribution < -0.4 is 5.32 Å². The van der Waals surface area contributed by atoms with Crippen molar-refractivity contribution in [2.24, 2.45) is 0 Å². The molecule has 2 atom stereocenters. The van der Waals surface area contributed by atoms with Crippen molar-refractivity contribution in [1.82, 2.24) is 5.32 Å². The van der Waals surface area contributed by atoms with Crippen molar-refractivity contribution in [2.45, 2.75) is 37.6 Å². The van der Waals surface area contributed by atoms with E-state index in [1.54, 1.807) is 0 Å². The minimum Gasteiger partial charge on any atom is -0.317 e. The molecule has 0 spiro atoms. The van der Waals surface area contributed by atoms with Crippen molar-refractivity contribution in [3.05, 3.63) is 60.2 Å². The Hall–Kier alpha value is -1.60. The second-order valence-electron chi connectivity index (χ2n) is 6.23. The first-order chi connectivity index (χ1) is 9.71. The Bertz CT molecular complexity index is 558. The highest BCUT2D eigenvalue weighted by molar-refractivity contribution is 5.63. The van der Waals surface area contributed by atoms with E-state index in [1.165, 1.54) is 36.0 Å². The van der Waals surface area contributed by atoms with Crippen LogP contribution in [0.25, 0.3) is 11.1 Å². The molecule has 2 unspecified atom stereocenters. The number of benzene rings is 2. The molecule has 0 aliphatic heterocycles. The lowest BCUT2D eigenvalue weighted by Crippen LogP contribution is -2.25. The third kappa shape index (κ3) is 2.51. The van der Waals surface area contributed by atoms with E-state index in [0.717, 1.165) is 0 Å². The molecule has 1 N–H and O–H groups in total. The summed E-state index contributed by atoms with van der Waals surface area (Å²) >= 11 is 0. The highest BCUT2D eigenvalue weighted by Crippen LogP contribution is 2.41. The van der Waals surface area contributed by atoms with Crippen LogP contribution >= 0.6 is 0 Å². The Morgan fingerprint density at radius 3 is 2.20 bits per heavy atom. The molecule has 0 amide bonds. The van der Waals surface area contributed by atoms with Gasteiger partial charge in [-0.15, -0.1) is 0 Å². The Labute approximate surface area is 122 Å². The monoisotopic (exact) mass is 265 g/mol. The maximum atomic E-state index is 3.43. The summed E-state index contributed by atoms with van der Waals surface area (Å²) < 4.78 is 0. The highest BCUT2D eigenvalue weighted by Gasteiger charge is 2.35. The Kier molecular flexibility index (Phi) is 3.62. The van der Waals surface area contributed by atoms with Crippen LogP contribution in [0.4, 0.5) is 0 Å². The smallest absolute Gasteiger partial charge is 0.00727 e. The zero-order valence-electron chi connectivity index (χ0n) is 12.4. The van der Waals surface area contributed by atoms with Crippen LogP contribution in [0.1, 0.15) is 31.7 Å². The minimum atomic E-state index is 0.336. The fraction of sp³-hybridized carbons (Fsp3) is 0.368. The van der Waals surface area contributed by atoms with Crippen molar-refractivity contribution in [2.75, 3.05) is 7.05 Å². The maximum Gasteiger partial charge on any atom is 0.00727 e. The molecular weight excluding hydrogens is 242 g/mol. The highest BCUT2D eigenvalue weighted by atomic mass is 14.9. The average Bonchev–Trinajstić information content (AvgIpc) is 2.91. The normalized spacial score (nSPS) is 25.8. The number of hydrogen-bond acceptors (Lipinski definition) is 1. The van der Waals surface area contributed by atoms with Gasteiger partial charge >= 0.3 is 0 Å². The van der Waals surface area contributed by atoms with E-state index in [4.69, 9.17) is 0 Å². The van der Waals surface area contributed by atoms with Crippen molar-refractivity contribution < 1.29 is 0 Å². The summed E-state index contributed by atoms with van der Waals surface area (Å²) in [5.74, 6) is 0. The fourth-order valence-corrected chi connectivity index (χ4v) is 3.44. The second kappa shape index (κ2) is 5.41. The molecule has 2 aromatic carbocycles. The van der Waals surface area contributed by atoms with Gasteiger partial charge in [0, 0.05) is 6.04 Å². The largest absolute Gasteiger partial charge is 0.317 e. The van der Waals surface area contributed by atoms with Gasteiger partial charge in [0.05, 0.1) is 0 Å². The lowest BCUT2D eigenvalue weighted by molar-refractivity contribution is 0.467. The van der Waals surface area contributed by atoms with Gasteiger partial charge in [-0.05, 0) is 48.4 Å². The first kappa shape index (κ1) is 13.4. The van der Waals surface area contributed by atoms with Crippen LogP contribution in [0.15, 0.2) is 54.6 Å². The molecule has 0 heterocycles. The van der Waals surface area contributed by atoms with E-state index in [0.29, 0.717) is 11.5 Å². The molecule has 0 radical (unpaired) electrons. The summed E-state index contributed by atoms with van der Waals surface area (Å²) in [4.78, 5) is 0. The van der Waals surface area contributed by atoms with Crippen LogP contribution in [0.5, 0.6) is 0 Å². The van der Waals surface area contributed by atoms with E-state index < -0.39 is 0 Å². The molecule has 0 saturated heterocycles. The Morgan fingerprint density at radius 1 is 0.950 bits per heavy atom. The molecule has 104 valence electrons.